The van der Waals surface area contributed by atoms with Crippen LogP contribution in [0, 0.1) is 0 Å². The highest BCUT2D eigenvalue weighted by atomic mass is 35.5. The normalized spacial score (nSPS) is 19.4. The highest BCUT2D eigenvalue weighted by molar-refractivity contribution is 6.35. The molecule has 4 aromatic rings. The van der Waals surface area contributed by atoms with E-state index in [-0.39, 0.29) is 17.8 Å². The minimum atomic E-state index is -0.902. The van der Waals surface area contributed by atoms with Crippen LogP contribution in [0.5, 0.6) is 5.75 Å². The lowest BCUT2D eigenvalue weighted by Gasteiger charge is -2.37. The van der Waals surface area contributed by atoms with Gasteiger partial charge in [-0.2, -0.15) is 5.10 Å². The van der Waals surface area contributed by atoms with Crippen molar-refractivity contribution in [1.82, 2.24) is 14.3 Å². The Bertz CT molecular complexity index is 1650. The summed E-state index contributed by atoms with van der Waals surface area (Å²) in [5, 5.41) is 5.40. The van der Waals surface area contributed by atoms with Crippen molar-refractivity contribution in [3.05, 3.63) is 99.2 Å². The van der Waals surface area contributed by atoms with Crippen LogP contribution in [0.3, 0.4) is 0 Å². The lowest BCUT2D eigenvalue weighted by molar-refractivity contribution is -0.181. The third-order valence-corrected chi connectivity index (χ3v) is 9.33. The molecule has 2 aliphatic rings. The summed E-state index contributed by atoms with van der Waals surface area (Å²) < 4.78 is 21.7. The standard InChI is InChI=1S/C34H39Cl2N5O4.2C2H6/c1-4-24(3)41-33(42)40(23-37-41)28-9-7-26(8-10-28)38-16-18-39(19-17-38)27-11-13-29(14-12-27)43-21-30-22-44-34(5-2,45-30)31-15-6-25(35)20-32(31)36;2*1-2/h6-15,20,23-24,30H,4-5,16-19,21-22H2,1-3H3;2*1-2H3/t24?,30?,34-;;/m0../s1. The summed E-state index contributed by atoms with van der Waals surface area (Å²) in [6, 6.07) is 21.8. The Morgan fingerprint density at radius 1 is 0.878 bits per heavy atom. The number of piperazine rings is 1. The van der Waals surface area contributed by atoms with Crippen LogP contribution in [0.25, 0.3) is 5.69 Å². The summed E-state index contributed by atoms with van der Waals surface area (Å²) in [5.74, 6) is -0.117. The summed E-state index contributed by atoms with van der Waals surface area (Å²) in [4.78, 5) is 17.5. The number of nitrogens with zero attached hydrogens (tertiary/aromatic N) is 5. The number of aromatic nitrogens is 3. The van der Waals surface area contributed by atoms with Crippen molar-refractivity contribution >= 4 is 34.6 Å². The second kappa shape index (κ2) is 17.9. The van der Waals surface area contributed by atoms with Crippen molar-refractivity contribution in [1.29, 1.82) is 0 Å². The Morgan fingerprint density at radius 2 is 1.45 bits per heavy atom. The van der Waals surface area contributed by atoms with Crippen LogP contribution in [-0.2, 0) is 15.3 Å². The van der Waals surface area contributed by atoms with Gasteiger partial charge < -0.3 is 24.0 Å². The van der Waals surface area contributed by atoms with Gasteiger partial charge in [0.15, 0.2) is 5.79 Å². The molecule has 6 rings (SSSR count). The molecular weight excluding hydrogens is 661 g/mol. The number of hydrogen-bond acceptors (Lipinski definition) is 7. The van der Waals surface area contributed by atoms with E-state index in [9.17, 15) is 4.79 Å². The minimum Gasteiger partial charge on any atom is -0.491 e. The zero-order chi connectivity index (χ0) is 35.6. The first-order valence-electron chi connectivity index (χ1n) is 17.6. The van der Waals surface area contributed by atoms with E-state index in [1.54, 1.807) is 27.7 Å². The molecule has 0 bridgehead atoms. The van der Waals surface area contributed by atoms with E-state index < -0.39 is 5.79 Å². The molecule has 3 atom stereocenters. The number of rotatable bonds is 10. The summed E-state index contributed by atoms with van der Waals surface area (Å²) in [6.45, 7) is 18.5. The zero-order valence-electron chi connectivity index (χ0n) is 29.9. The van der Waals surface area contributed by atoms with Crippen molar-refractivity contribution in [3.8, 4) is 11.4 Å². The van der Waals surface area contributed by atoms with E-state index in [1.807, 2.05) is 71.9 Å². The summed E-state index contributed by atoms with van der Waals surface area (Å²) in [7, 11) is 0. The summed E-state index contributed by atoms with van der Waals surface area (Å²) in [6.07, 6.45) is 2.85. The number of anilines is 2. The van der Waals surface area contributed by atoms with E-state index in [2.05, 4.69) is 46.1 Å². The predicted molar refractivity (Wildman–Crippen MR) is 201 cm³/mol. The van der Waals surface area contributed by atoms with E-state index in [1.165, 1.54) is 0 Å². The fourth-order valence-corrected chi connectivity index (χ4v) is 6.47. The maximum atomic E-state index is 12.8. The average molecular weight is 713 g/mol. The molecule has 0 radical (unpaired) electrons. The quantitative estimate of drug-likeness (QED) is 0.163. The van der Waals surface area contributed by atoms with E-state index in [0.29, 0.717) is 29.7 Å². The van der Waals surface area contributed by atoms with Crippen molar-refractivity contribution in [3.63, 3.8) is 0 Å². The van der Waals surface area contributed by atoms with E-state index in [0.717, 1.165) is 61.0 Å². The maximum Gasteiger partial charge on any atom is 0.350 e. The lowest BCUT2D eigenvalue weighted by atomic mass is 10.0. The molecule has 0 aliphatic carbocycles. The van der Waals surface area contributed by atoms with Gasteiger partial charge in [0.2, 0.25) is 0 Å². The molecule has 0 spiro atoms. The highest BCUT2D eigenvalue weighted by Crippen LogP contribution is 2.41. The molecule has 2 unspecified atom stereocenters. The van der Waals surface area contributed by atoms with Crippen molar-refractivity contribution in [2.75, 3.05) is 49.2 Å². The molecule has 2 fully saturated rings. The topological polar surface area (TPSA) is 74.0 Å². The number of ether oxygens (including phenoxy) is 3. The number of halogens is 2. The Kier molecular flexibility index (Phi) is 14.0. The highest BCUT2D eigenvalue weighted by Gasteiger charge is 2.43. The average Bonchev–Trinajstić information content (AvgIpc) is 3.76. The zero-order valence-corrected chi connectivity index (χ0v) is 31.4. The van der Waals surface area contributed by atoms with Gasteiger partial charge in [-0.3, -0.25) is 0 Å². The van der Waals surface area contributed by atoms with Crippen LogP contribution in [0.4, 0.5) is 11.4 Å². The van der Waals surface area contributed by atoms with Gasteiger partial charge in [0.05, 0.1) is 23.4 Å². The summed E-state index contributed by atoms with van der Waals surface area (Å²) in [5.41, 5.74) is 3.80. The minimum absolute atomic E-state index is 0.0723. The van der Waals surface area contributed by atoms with Crippen molar-refractivity contribution < 1.29 is 14.2 Å². The van der Waals surface area contributed by atoms with E-state index in [4.69, 9.17) is 37.4 Å². The Labute approximate surface area is 301 Å². The number of hydrogen-bond donors (Lipinski definition) is 0. The molecule has 11 heteroatoms. The first kappa shape index (κ1) is 38.3. The Hall–Kier alpha value is -3.50. The van der Waals surface area contributed by atoms with Gasteiger partial charge >= 0.3 is 5.69 Å². The van der Waals surface area contributed by atoms with E-state index >= 15 is 0 Å². The van der Waals surface area contributed by atoms with Gasteiger partial charge in [0, 0.05) is 54.6 Å². The molecule has 0 N–H and O–H groups in total. The molecule has 1 aromatic heterocycles. The second-order valence-corrected chi connectivity index (χ2v) is 12.4. The van der Waals surface area contributed by atoms with Crippen molar-refractivity contribution in [2.45, 2.75) is 79.2 Å². The molecule has 2 saturated heterocycles. The second-order valence-electron chi connectivity index (χ2n) is 11.6. The predicted octanol–water partition coefficient (Wildman–Crippen LogP) is 8.75. The fraction of sp³-hybridized carbons (Fsp3) is 0.474. The van der Waals surface area contributed by atoms with Crippen LogP contribution >= 0.6 is 23.2 Å². The van der Waals surface area contributed by atoms with Crippen LogP contribution in [0.1, 0.15) is 72.9 Å². The van der Waals surface area contributed by atoms with Gasteiger partial charge in [-0.15, -0.1) is 0 Å². The van der Waals surface area contributed by atoms with Crippen LogP contribution in [-0.4, -0.2) is 59.8 Å². The lowest BCUT2D eigenvalue weighted by Crippen LogP contribution is -2.46. The molecular formula is C38H51Cl2N5O4. The van der Waals surface area contributed by atoms with Gasteiger partial charge in [-0.25, -0.2) is 14.0 Å². The third-order valence-electron chi connectivity index (χ3n) is 8.78. The summed E-state index contributed by atoms with van der Waals surface area (Å²) >= 11 is 12.6. The Balaban J connectivity index is 0.00000130. The molecule has 266 valence electrons. The molecule has 9 nitrogen and oxygen atoms in total. The fourth-order valence-electron chi connectivity index (χ4n) is 5.92. The molecule has 49 heavy (non-hydrogen) atoms. The SMILES string of the molecule is CC.CC.CCC(C)n1ncn(-c2ccc(N3CCN(c4ccc(OCC5CO[C@](CC)(c6ccc(Cl)cc6Cl)O5)cc4)CC3)cc2)c1=O. The van der Waals surface area contributed by atoms with Gasteiger partial charge in [-0.05, 0) is 74.0 Å². The van der Waals surface area contributed by atoms with Gasteiger partial charge in [-0.1, -0.05) is 70.8 Å². The van der Waals surface area contributed by atoms with Gasteiger partial charge in [0.1, 0.15) is 24.8 Å². The molecule has 0 amide bonds. The van der Waals surface area contributed by atoms with Crippen LogP contribution in [0.15, 0.2) is 77.9 Å². The first-order valence-corrected chi connectivity index (χ1v) is 18.3. The molecule has 0 saturated carbocycles. The third kappa shape index (κ3) is 8.81. The van der Waals surface area contributed by atoms with Crippen molar-refractivity contribution in [2.24, 2.45) is 0 Å². The smallest absolute Gasteiger partial charge is 0.350 e. The monoisotopic (exact) mass is 711 g/mol. The largest absolute Gasteiger partial charge is 0.491 e. The van der Waals surface area contributed by atoms with Crippen LogP contribution in [0.2, 0.25) is 10.0 Å². The Morgan fingerprint density at radius 3 is 2.00 bits per heavy atom. The van der Waals surface area contributed by atoms with Gasteiger partial charge in [0.25, 0.3) is 0 Å². The number of benzene rings is 3. The molecule has 3 aromatic carbocycles. The molecule has 2 aliphatic heterocycles. The van der Waals surface area contributed by atoms with Crippen LogP contribution < -0.4 is 20.2 Å². The molecule has 3 heterocycles. The maximum absolute atomic E-state index is 12.8. The first-order chi connectivity index (χ1) is 23.8.